The van der Waals surface area contributed by atoms with E-state index in [-0.39, 0.29) is 6.04 Å². The van der Waals surface area contributed by atoms with E-state index in [1.165, 1.54) is 0 Å². The van der Waals surface area contributed by atoms with E-state index in [4.69, 9.17) is 21.9 Å². The van der Waals surface area contributed by atoms with E-state index in [0.717, 1.165) is 21.2 Å². The van der Waals surface area contributed by atoms with Crippen LogP contribution >= 0.6 is 27.5 Å². The monoisotopic (exact) mass is 350 g/mol. The Hall–Kier alpha value is -1.33. The number of benzene rings is 2. The van der Waals surface area contributed by atoms with Gasteiger partial charge in [0.05, 0.1) is 5.02 Å². The number of nitrogens with one attached hydrogen (secondary N) is 1. The molecule has 20 heavy (non-hydrogen) atoms. The summed E-state index contributed by atoms with van der Waals surface area (Å²) in [7, 11) is 0. The standard InChI is InChI=1S/C15H12BrClN2O/c16-11-6-2-1-5-10(11)14(19-18)13-8-9-4-3-7-12(17)15(9)20-13/h1-8,14,19H,18H2. The molecule has 1 heterocycles. The van der Waals surface area contributed by atoms with Crippen molar-refractivity contribution < 1.29 is 4.42 Å². The van der Waals surface area contributed by atoms with Crippen molar-refractivity contribution in [1.82, 2.24) is 5.43 Å². The summed E-state index contributed by atoms with van der Waals surface area (Å²) in [5.74, 6) is 6.43. The lowest BCUT2D eigenvalue weighted by Crippen LogP contribution is -2.28. The number of hydrogen-bond acceptors (Lipinski definition) is 3. The quantitative estimate of drug-likeness (QED) is 0.543. The molecule has 0 radical (unpaired) electrons. The van der Waals surface area contributed by atoms with E-state index in [2.05, 4.69) is 21.4 Å². The Balaban J connectivity index is 2.12. The molecule has 2 aromatic carbocycles. The minimum absolute atomic E-state index is 0.242. The third-order valence-corrected chi connectivity index (χ3v) is 4.20. The Morgan fingerprint density at radius 3 is 2.65 bits per heavy atom. The van der Waals surface area contributed by atoms with Crippen LogP contribution in [0.25, 0.3) is 11.0 Å². The zero-order valence-electron chi connectivity index (χ0n) is 10.4. The molecule has 0 amide bonds. The molecule has 3 aromatic rings. The van der Waals surface area contributed by atoms with Gasteiger partial charge in [0.2, 0.25) is 0 Å². The predicted octanol–water partition coefficient (Wildman–Crippen LogP) is 4.40. The molecule has 3 rings (SSSR count). The van der Waals surface area contributed by atoms with E-state index >= 15 is 0 Å². The first-order valence-electron chi connectivity index (χ1n) is 6.09. The number of hydrogen-bond donors (Lipinski definition) is 2. The first-order chi connectivity index (χ1) is 9.70. The Bertz CT molecular complexity index is 756. The Morgan fingerprint density at radius 2 is 1.95 bits per heavy atom. The third kappa shape index (κ3) is 2.36. The van der Waals surface area contributed by atoms with Crippen molar-refractivity contribution in [3.63, 3.8) is 0 Å². The maximum absolute atomic E-state index is 6.14. The summed E-state index contributed by atoms with van der Waals surface area (Å²) < 4.78 is 6.83. The van der Waals surface area contributed by atoms with E-state index in [1.54, 1.807) is 6.07 Å². The second kappa shape index (κ2) is 5.58. The maximum Gasteiger partial charge on any atom is 0.152 e. The molecule has 0 aliphatic rings. The summed E-state index contributed by atoms with van der Waals surface area (Å²) >= 11 is 9.67. The number of para-hydroxylation sites is 1. The molecule has 1 unspecified atom stereocenters. The zero-order valence-corrected chi connectivity index (χ0v) is 12.8. The van der Waals surface area contributed by atoms with Gasteiger partial charge in [-0.15, -0.1) is 0 Å². The first-order valence-corrected chi connectivity index (χ1v) is 7.26. The molecule has 0 saturated carbocycles. The van der Waals surface area contributed by atoms with Gasteiger partial charge in [0, 0.05) is 9.86 Å². The van der Waals surface area contributed by atoms with E-state index in [1.807, 2.05) is 42.5 Å². The van der Waals surface area contributed by atoms with Gasteiger partial charge in [-0.25, -0.2) is 5.43 Å². The van der Waals surface area contributed by atoms with Crippen LogP contribution in [-0.2, 0) is 0 Å². The average Bonchev–Trinajstić information content (AvgIpc) is 2.87. The lowest BCUT2D eigenvalue weighted by atomic mass is 10.1. The van der Waals surface area contributed by atoms with Crippen molar-refractivity contribution in [1.29, 1.82) is 0 Å². The van der Waals surface area contributed by atoms with Crippen molar-refractivity contribution in [3.05, 3.63) is 69.3 Å². The molecule has 3 N–H and O–H groups in total. The van der Waals surface area contributed by atoms with Gasteiger partial charge in [-0.2, -0.15) is 0 Å². The fourth-order valence-electron chi connectivity index (χ4n) is 2.22. The molecule has 0 bridgehead atoms. The first kappa shape index (κ1) is 13.6. The number of halogens is 2. The van der Waals surface area contributed by atoms with E-state index in [9.17, 15) is 0 Å². The molecule has 5 heteroatoms. The molecule has 102 valence electrons. The summed E-state index contributed by atoms with van der Waals surface area (Å²) in [4.78, 5) is 0. The molecule has 0 aliphatic heterocycles. The normalized spacial score (nSPS) is 12.8. The van der Waals surface area contributed by atoms with Crippen molar-refractivity contribution in [2.24, 2.45) is 5.84 Å². The van der Waals surface area contributed by atoms with Gasteiger partial charge in [-0.3, -0.25) is 5.84 Å². The number of furan rings is 1. The molecule has 0 spiro atoms. The summed E-state index contributed by atoms with van der Waals surface area (Å²) in [5, 5.41) is 1.55. The smallest absolute Gasteiger partial charge is 0.152 e. The second-order valence-corrected chi connectivity index (χ2v) is 5.69. The van der Waals surface area contributed by atoms with Crippen LogP contribution in [0, 0.1) is 0 Å². The molecule has 0 fully saturated rings. The van der Waals surface area contributed by atoms with E-state index in [0.29, 0.717) is 10.6 Å². The summed E-state index contributed by atoms with van der Waals surface area (Å²) in [5.41, 5.74) is 4.47. The fraction of sp³-hybridized carbons (Fsp3) is 0.0667. The van der Waals surface area contributed by atoms with Gasteiger partial charge >= 0.3 is 0 Å². The third-order valence-electron chi connectivity index (χ3n) is 3.18. The minimum atomic E-state index is -0.242. The zero-order chi connectivity index (χ0) is 14.1. The molecule has 0 saturated heterocycles. The minimum Gasteiger partial charge on any atom is -0.457 e. The van der Waals surface area contributed by atoms with Crippen LogP contribution in [0.5, 0.6) is 0 Å². The van der Waals surface area contributed by atoms with Crippen LogP contribution in [0.3, 0.4) is 0 Å². The topological polar surface area (TPSA) is 51.2 Å². The molecular weight excluding hydrogens is 340 g/mol. The summed E-state index contributed by atoms with van der Waals surface area (Å²) in [6.45, 7) is 0. The highest BCUT2D eigenvalue weighted by molar-refractivity contribution is 9.10. The van der Waals surface area contributed by atoms with Crippen molar-refractivity contribution in [2.75, 3.05) is 0 Å². The van der Waals surface area contributed by atoms with Gasteiger partial charge in [0.25, 0.3) is 0 Å². The lowest BCUT2D eigenvalue weighted by Gasteiger charge is -2.15. The predicted molar refractivity (Wildman–Crippen MR) is 84.5 cm³/mol. The van der Waals surface area contributed by atoms with Crippen LogP contribution in [0.1, 0.15) is 17.4 Å². The largest absolute Gasteiger partial charge is 0.457 e. The molecular formula is C15H12BrClN2O. The number of fused-ring (bicyclic) bond motifs is 1. The molecule has 1 aromatic heterocycles. The van der Waals surface area contributed by atoms with Crippen LogP contribution in [-0.4, -0.2) is 0 Å². The van der Waals surface area contributed by atoms with E-state index < -0.39 is 0 Å². The van der Waals surface area contributed by atoms with Crippen LogP contribution in [0.2, 0.25) is 5.02 Å². The van der Waals surface area contributed by atoms with Gasteiger partial charge < -0.3 is 4.42 Å². The summed E-state index contributed by atoms with van der Waals surface area (Å²) in [6.07, 6.45) is 0. The van der Waals surface area contributed by atoms with Crippen LogP contribution in [0.4, 0.5) is 0 Å². The Kier molecular flexibility index (Phi) is 3.81. The van der Waals surface area contributed by atoms with Crippen molar-refractivity contribution in [2.45, 2.75) is 6.04 Å². The second-order valence-electron chi connectivity index (χ2n) is 4.43. The van der Waals surface area contributed by atoms with Gasteiger partial charge in [-0.1, -0.05) is 57.9 Å². The number of hydrazine groups is 1. The van der Waals surface area contributed by atoms with Crippen LogP contribution < -0.4 is 11.3 Å². The number of rotatable bonds is 3. The fourth-order valence-corrected chi connectivity index (χ4v) is 2.96. The highest BCUT2D eigenvalue weighted by atomic mass is 79.9. The highest BCUT2D eigenvalue weighted by Gasteiger charge is 2.19. The van der Waals surface area contributed by atoms with Gasteiger partial charge in [-0.05, 0) is 23.8 Å². The van der Waals surface area contributed by atoms with Crippen LogP contribution in [0.15, 0.2) is 57.4 Å². The van der Waals surface area contributed by atoms with Gasteiger partial charge in [0.1, 0.15) is 11.8 Å². The molecule has 3 nitrogen and oxygen atoms in total. The highest BCUT2D eigenvalue weighted by Crippen LogP contribution is 2.33. The molecule has 1 atom stereocenters. The Morgan fingerprint density at radius 1 is 1.15 bits per heavy atom. The SMILES string of the molecule is NNC(c1cc2cccc(Cl)c2o1)c1ccccc1Br. The maximum atomic E-state index is 6.14. The van der Waals surface area contributed by atoms with Crippen molar-refractivity contribution >= 4 is 38.5 Å². The van der Waals surface area contributed by atoms with Gasteiger partial charge in [0.15, 0.2) is 5.58 Å². The lowest BCUT2D eigenvalue weighted by molar-refractivity contribution is 0.476. The Labute approximate surface area is 129 Å². The number of nitrogens with two attached hydrogens (primary N) is 1. The summed E-state index contributed by atoms with van der Waals surface area (Å²) in [6, 6.07) is 15.2. The average molecular weight is 352 g/mol. The molecule has 0 aliphatic carbocycles. The van der Waals surface area contributed by atoms with Crippen molar-refractivity contribution in [3.8, 4) is 0 Å².